The highest BCUT2D eigenvalue weighted by molar-refractivity contribution is 5.76. The van der Waals surface area contributed by atoms with Gasteiger partial charge in [0.05, 0.1) is 19.8 Å². The van der Waals surface area contributed by atoms with E-state index < -0.39 is 12.1 Å². The zero-order chi connectivity index (χ0) is 13.1. The Hall–Kier alpha value is -1.47. The number of nitrogens with zero attached hydrogens (tertiary/aromatic N) is 3. The minimum absolute atomic E-state index is 0.342. The number of likely N-dealkylation sites (tertiary alicyclic amines) is 1. The molecule has 1 saturated heterocycles. The van der Waals surface area contributed by atoms with Gasteiger partial charge in [-0.2, -0.15) is 4.98 Å². The highest BCUT2D eigenvalue weighted by Gasteiger charge is 2.37. The summed E-state index contributed by atoms with van der Waals surface area (Å²) < 4.78 is 9.73. The van der Waals surface area contributed by atoms with Crippen LogP contribution >= 0.6 is 0 Å². The fourth-order valence-corrected chi connectivity index (χ4v) is 2.11. The van der Waals surface area contributed by atoms with Gasteiger partial charge in [-0.1, -0.05) is 12.1 Å². The second-order valence-corrected chi connectivity index (χ2v) is 4.32. The van der Waals surface area contributed by atoms with E-state index in [1.54, 1.807) is 4.90 Å². The van der Waals surface area contributed by atoms with E-state index in [0.29, 0.717) is 37.6 Å². The van der Waals surface area contributed by atoms with Gasteiger partial charge < -0.3 is 14.4 Å². The quantitative estimate of drug-likeness (QED) is 0.741. The Morgan fingerprint density at radius 3 is 3.06 bits per heavy atom. The van der Waals surface area contributed by atoms with Crippen molar-refractivity contribution in [2.24, 2.45) is 0 Å². The van der Waals surface area contributed by atoms with Gasteiger partial charge in [-0.05, 0) is 0 Å². The number of hydrogen-bond donors (Lipinski definition) is 1. The van der Waals surface area contributed by atoms with Crippen molar-refractivity contribution in [2.45, 2.75) is 38.5 Å². The van der Waals surface area contributed by atoms with Gasteiger partial charge in [0.1, 0.15) is 6.04 Å². The van der Waals surface area contributed by atoms with Crippen molar-refractivity contribution in [3.63, 3.8) is 0 Å². The summed E-state index contributed by atoms with van der Waals surface area (Å²) in [4.78, 5) is 17.6. The molecule has 0 spiro atoms. The van der Waals surface area contributed by atoms with Gasteiger partial charge in [0.15, 0.2) is 5.82 Å². The molecule has 0 aromatic carbocycles. The Kier molecular flexibility index (Phi) is 3.93. The summed E-state index contributed by atoms with van der Waals surface area (Å²) in [6.45, 7) is 2.71. The second-order valence-electron chi connectivity index (χ2n) is 4.32. The van der Waals surface area contributed by atoms with Gasteiger partial charge >= 0.3 is 5.97 Å². The Bertz CT molecular complexity index is 420. The standard InChI is InChI=1S/C11H17N3O4/c1-3-10-12-9(13-18-10)6-14-5-7(15)4-8(14)11(16)17-2/h7-8,15H,3-6H2,1-2H3. The number of ether oxygens (including phenoxy) is 1. The summed E-state index contributed by atoms with van der Waals surface area (Å²) in [7, 11) is 1.34. The molecule has 18 heavy (non-hydrogen) atoms. The van der Waals surface area contributed by atoms with Crippen molar-refractivity contribution in [3.8, 4) is 0 Å². The van der Waals surface area contributed by atoms with Crippen LogP contribution in [0.2, 0.25) is 0 Å². The zero-order valence-electron chi connectivity index (χ0n) is 10.5. The van der Waals surface area contributed by atoms with Crippen LogP contribution in [0.15, 0.2) is 4.52 Å². The minimum atomic E-state index is -0.522. The maximum Gasteiger partial charge on any atom is 0.323 e. The highest BCUT2D eigenvalue weighted by Crippen LogP contribution is 2.20. The number of aryl methyl sites for hydroxylation is 1. The molecule has 0 bridgehead atoms. The Morgan fingerprint density at radius 2 is 2.44 bits per heavy atom. The smallest absolute Gasteiger partial charge is 0.323 e. The highest BCUT2D eigenvalue weighted by atomic mass is 16.5. The molecule has 0 radical (unpaired) electrons. The number of hydrogen-bond acceptors (Lipinski definition) is 7. The fraction of sp³-hybridized carbons (Fsp3) is 0.727. The lowest BCUT2D eigenvalue weighted by Crippen LogP contribution is -2.36. The molecule has 1 aromatic rings. The van der Waals surface area contributed by atoms with Gasteiger partial charge in [-0.15, -0.1) is 0 Å². The van der Waals surface area contributed by atoms with E-state index in [-0.39, 0.29) is 5.97 Å². The molecule has 1 N–H and O–H groups in total. The van der Waals surface area contributed by atoms with Gasteiger partial charge in [-0.3, -0.25) is 9.69 Å². The summed E-state index contributed by atoms with van der Waals surface area (Å²) >= 11 is 0. The maximum atomic E-state index is 11.6. The van der Waals surface area contributed by atoms with Crippen molar-refractivity contribution < 1.29 is 19.2 Å². The molecular formula is C11H17N3O4. The van der Waals surface area contributed by atoms with Gasteiger partial charge in [0, 0.05) is 19.4 Å². The van der Waals surface area contributed by atoms with Crippen molar-refractivity contribution in [1.29, 1.82) is 0 Å². The number of carbonyl (C=O) groups is 1. The van der Waals surface area contributed by atoms with Crippen molar-refractivity contribution in [3.05, 3.63) is 11.7 Å². The average Bonchev–Trinajstić information content (AvgIpc) is 2.95. The minimum Gasteiger partial charge on any atom is -0.468 e. The third-order valence-corrected chi connectivity index (χ3v) is 3.01. The first-order valence-electron chi connectivity index (χ1n) is 5.95. The molecule has 1 aromatic heterocycles. The molecular weight excluding hydrogens is 238 g/mol. The third kappa shape index (κ3) is 2.68. The number of aromatic nitrogens is 2. The van der Waals surface area contributed by atoms with Crippen molar-refractivity contribution in [2.75, 3.05) is 13.7 Å². The number of aliphatic hydroxyl groups excluding tert-OH is 1. The van der Waals surface area contributed by atoms with Crippen LogP contribution in [0.5, 0.6) is 0 Å². The topological polar surface area (TPSA) is 88.7 Å². The number of aliphatic hydroxyl groups is 1. The van der Waals surface area contributed by atoms with Crippen LogP contribution in [0, 0.1) is 0 Å². The summed E-state index contributed by atoms with van der Waals surface area (Å²) in [5.41, 5.74) is 0. The van der Waals surface area contributed by atoms with Gasteiger partial charge in [-0.25, -0.2) is 0 Å². The predicted octanol–water partition coefficient (Wildman–Crippen LogP) is -0.260. The lowest BCUT2D eigenvalue weighted by Gasteiger charge is -2.19. The number of β-amino-alcohol motifs (C(OH)–C–C–N with tert-alkyl or cyclic N) is 1. The molecule has 0 aliphatic carbocycles. The number of methoxy groups -OCH3 is 1. The van der Waals surface area contributed by atoms with Crippen LogP contribution < -0.4 is 0 Å². The molecule has 1 aliphatic heterocycles. The van der Waals surface area contributed by atoms with Crippen LogP contribution in [0.4, 0.5) is 0 Å². The molecule has 100 valence electrons. The lowest BCUT2D eigenvalue weighted by molar-refractivity contribution is -0.146. The molecule has 2 unspecified atom stereocenters. The van der Waals surface area contributed by atoms with Crippen LogP contribution in [-0.4, -0.2) is 51.9 Å². The van der Waals surface area contributed by atoms with E-state index in [0.717, 1.165) is 0 Å². The van der Waals surface area contributed by atoms with E-state index >= 15 is 0 Å². The van der Waals surface area contributed by atoms with E-state index in [9.17, 15) is 9.90 Å². The van der Waals surface area contributed by atoms with Crippen molar-refractivity contribution >= 4 is 5.97 Å². The van der Waals surface area contributed by atoms with E-state index in [2.05, 4.69) is 10.1 Å². The first kappa shape index (κ1) is 13.0. The molecule has 1 fully saturated rings. The molecule has 2 atom stereocenters. The third-order valence-electron chi connectivity index (χ3n) is 3.01. The maximum absolute atomic E-state index is 11.6. The molecule has 2 rings (SSSR count). The largest absolute Gasteiger partial charge is 0.468 e. The van der Waals surface area contributed by atoms with Gasteiger partial charge in [0.25, 0.3) is 0 Å². The number of esters is 1. The van der Waals surface area contributed by atoms with Gasteiger partial charge in [0.2, 0.25) is 5.89 Å². The number of rotatable bonds is 4. The Balaban J connectivity index is 2.04. The second kappa shape index (κ2) is 5.45. The zero-order valence-corrected chi connectivity index (χ0v) is 10.5. The summed E-state index contributed by atoms with van der Waals surface area (Å²) in [5, 5.41) is 13.5. The number of carbonyl (C=O) groups excluding carboxylic acids is 1. The van der Waals surface area contributed by atoms with E-state index in [1.165, 1.54) is 7.11 Å². The SMILES string of the molecule is CCc1nc(CN2CC(O)CC2C(=O)OC)no1. The fourth-order valence-electron chi connectivity index (χ4n) is 2.11. The van der Waals surface area contributed by atoms with Crippen LogP contribution in [0.1, 0.15) is 25.1 Å². The van der Waals surface area contributed by atoms with Crippen LogP contribution in [-0.2, 0) is 22.5 Å². The summed E-state index contributed by atoms with van der Waals surface area (Å²) in [6.07, 6.45) is 0.535. The average molecular weight is 255 g/mol. The Labute approximate surface area is 105 Å². The molecule has 7 heteroatoms. The molecule has 7 nitrogen and oxygen atoms in total. The first-order valence-corrected chi connectivity index (χ1v) is 5.95. The molecule has 0 saturated carbocycles. The van der Waals surface area contributed by atoms with Crippen LogP contribution in [0.25, 0.3) is 0 Å². The lowest BCUT2D eigenvalue weighted by atomic mass is 10.2. The molecule has 1 aliphatic rings. The van der Waals surface area contributed by atoms with E-state index in [4.69, 9.17) is 9.26 Å². The predicted molar refractivity (Wildman–Crippen MR) is 60.5 cm³/mol. The summed E-state index contributed by atoms with van der Waals surface area (Å²) in [5.74, 6) is 0.750. The van der Waals surface area contributed by atoms with E-state index in [1.807, 2.05) is 6.92 Å². The molecule has 2 heterocycles. The monoisotopic (exact) mass is 255 g/mol. The Morgan fingerprint density at radius 1 is 1.67 bits per heavy atom. The first-order chi connectivity index (χ1) is 8.63. The van der Waals surface area contributed by atoms with Crippen molar-refractivity contribution in [1.82, 2.24) is 15.0 Å². The summed E-state index contributed by atoms with van der Waals surface area (Å²) in [6, 6.07) is -0.437. The molecule has 0 amide bonds. The van der Waals surface area contributed by atoms with Crippen LogP contribution in [0.3, 0.4) is 0 Å². The normalized spacial score (nSPS) is 24.4.